The average Bonchev–Trinajstić information content (AvgIpc) is 3.03. The highest BCUT2D eigenvalue weighted by atomic mass is 127. The second-order valence-corrected chi connectivity index (χ2v) is 9.52. The topological polar surface area (TPSA) is 58.6 Å². The van der Waals surface area contributed by atoms with E-state index in [1.165, 1.54) is 30.3 Å². The first-order valence-corrected chi connectivity index (χ1v) is 11.9. The summed E-state index contributed by atoms with van der Waals surface area (Å²) in [6.45, 7) is 0.131. The molecule has 0 aromatic heterocycles. The molecule has 1 saturated heterocycles. The van der Waals surface area contributed by atoms with Gasteiger partial charge in [0.25, 0.3) is 5.91 Å². The smallest absolute Gasteiger partial charge is 0.329 e. The largest absolute Gasteiger partial charge is 0.487 e. The van der Waals surface area contributed by atoms with Crippen molar-refractivity contribution in [2.75, 3.05) is 0 Å². The van der Waals surface area contributed by atoms with Gasteiger partial charge in [-0.15, -0.1) is 0 Å². The minimum Gasteiger partial charge on any atom is -0.487 e. The van der Waals surface area contributed by atoms with Crippen molar-refractivity contribution in [2.24, 2.45) is 0 Å². The van der Waals surface area contributed by atoms with Crippen LogP contribution in [0.4, 0.5) is 13.6 Å². The summed E-state index contributed by atoms with van der Waals surface area (Å²) >= 11 is 4.23. The van der Waals surface area contributed by atoms with Crippen LogP contribution in [0.15, 0.2) is 66.4 Å². The maximum absolute atomic E-state index is 13.9. The van der Waals surface area contributed by atoms with Crippen LogP contribution in [0.5, 0.6) is 5.75 Å². The SMILES string of the molecule is O=C1N/C(=C/c2cc(I)c(OCc3ccccc3F)c(I)c2)C(=O)N1Cc1ccc(F)cc1. The number of carbonyl (C=O) groups excluding carboxylic acids is 2. The van der Waals surface area contributed by atoms with Crippen molar-refractivity contribution >= 4 is 63.2 Å². The Morgan fingerprint density at radius 1 is 0.970 bits per heavy atom. The van der Waals surface area contributed by atoms with E-state index in [-0.39, 0.29) is 30.5 Å². The summed E-state index contributed by atoms with van der Waals surface area (Å²) < 4.78 is 34.4. The zero-order chi connectivity index (χ0) is 23.5. The molecule has 1 aliphatic rings. The van der Waals surface area contributed by atoms with Crippen molar-refractivity contribution in [1.29, 1.82) is 0 Å². The number of benzene rings is 3. The van der Waals surface area contributed by atoms with Crippen LogP contribution in [0.3, 0.4) is 0 Å². The van der Waals surface area contributed by atoms with Gasteiger partial charge in [-0.25, -0.2) is 13.6 Å². The van der Waals surface area contributed by atoms with Gasteiger partial charge in [-0.05, 0) is 92.7 Å². The lowest BCUT2D eigenvalue weighted by Crippen LogP contribution is -2.30. The Morgan fingerprint density at radius 3 is 2.30 bits per heavy atom. The Hall–Kier alpha value is -2.54. The van der Waals surface area contributed by atoms with Gasteiger partial charge in [0.2, 0.25) is 0 Å². The van der Waals surface area contributed by atoms with Crippen LogP contribution >= 0.6 is 45.2 Å². The third kappa shape index (κ3) is 5.52. The number of carbonyl (C=O) groups is 2. The molecule has 9 heteroatoms. The molecule has 33 heavy (non-hydrogen) atoms. The number of urea groups is 1. The number of nitrogens with zero attached hydrogens (tertiary/aromatic N) is 1. The predicted octanol–water partition coefficient (Wildman–Crippen LogP) is 5.85. The summed E-state index contributed by atoms with van der Waals surface area (Å²) in [6.07, 6.45) is 1.59. The van der Waals surface area contributed by atoms with Crippen LogP contribution in [0.1, 0.15) is 16.7 Å². The van der Waals surface area contributed by atoms with Crippen molar-refractivity contribution in [1.82, 2.24) is 10.2 Å². The Bertz CT molecular complexity index is 1240. The van der Waals surface area contributed by atoms with Gasteiger partial charge in [0, 0.05) is 5.56 Å². The van der Waals surface area contributed by atoms with Gasteiger partial charge in [-0.2, -0.15) is 0 Å². The van der Waals surface area contributed by atoms with Crippen molar-refractivity contribution in [2.45, 2.75) is 13.2 Å². The first kappa shape index (κ1) is 23.6. The number of hydrogen-bond acceptors (Lipinski definition) is 3. The van der Waals surface area contributed by atoms with Gasteiger partial charge in [-0.1, -0.05) is 30.3 Å². The first-order chi connectivity index (χ1) is 15.8. The molecule has 5 nitrogen and oxygen atoms in total. The number of amides is 3. The van der Waals surface area contributed by atoms with Gasteiger partial charge in [-0.3, -0.25) is 9.69 Å². The second-order valence-electron chi connectivity index (χ2n) is 7.20. The van der Waals surface area contributed by atoms with Crippen molar-refractivity contribution in [3.05, 3.63) is 102 Å². The van der Waals surface area contributed by atoms with E-state index in [1.54, 1.807) is 24.3 Å². The second kappa shape index (κ2) is 10.2. The summed E-state index contributed by atoms with van der Waals surface area (Å²) in [5, 5.41) is 2.59. The van der Waals surface area contributed by atoms with E-state index in [1.807, 2.05) is 12.1 Å². The van der Waals surface area contributed by atoms with Crippen LogP contribution in [-0.2, 0) is 17.9 Å². The lowest BCUT2D eigenvalue weighted by molar-refractivity contribution is -0.123. The number of rotatable bonds is 6. The molecule has 0 spiro atoms. The maximum atomic E-state index is 13.9. The molecule has 0 saturated carbocycles. The number of imide groups is 1. The van der Waals surface area contributed by atoms with Crippen LogP contribution in [-0.4, -0.2) is 16.8 Å². The molecule has 0 bridgehead atoms. The monoisotopic (exact) mass is 672 g/mol. The molecule has 1 fully saturated rings. The van der Waals surface area contributed by atoms with E-state index in [0.29, 0.717) is 22.4 Å². The lowest BCUT2D eigenvalue weighted by Gasteiger charge is -2.12. The third-order valence-electron chi connectivity index (χ3n) is 4.88. The summed E-state index contributed by atoms with van der Waals surface area (Å²) in [5.74, 6) is -0.567. The molecule has 3 amide bonds. The highest BCUT2D eigenvalue weighted by molar-refractivity contribution is 14.1. The van der Waals surface area contributed by atoms with Crippen LogP contribution in [0.25, 0.3) is 6.08 Å². The van der Waals surface area contributed by atoms with E-state index in [2.05, 4.69) is 50.5 Å². The van der Waals surface area contributed by atoms with E-state index in [4.69, 9.17) is 4.74 Å². The predicted molar refractivity (Wildman–Crippen MR) is 136 cm³/mol. The molecule has 1 N–H and O–H groups in total. The van der Waals surface area contributed by atoms with Crippen molar-refractivity contribution < 1.29 is 23.1 Å². The molecule has 3 aromatic carbocycles. The van der Waals surface area contributed by atoms with Gasteiger partial charge in [0.15, 0.2) is 0 Å². The number of ether oxygens (including phenoxy) is 1. The fourth-order valence-electron chi connectivity index (χ4n) is 3.22. The fraction of sp³-hybridized carbons (Fsp3) is 0.0833. The maximum Gasteiger partial charge on any atom is 0.329 e. The minimum atomic E-state index is -0.537. The fourth-order valence-corrected chi connectivity index (χ4v) is 5.35. The molecular weight excluding hydrogens is 656 g/mol. The van der Waals surface area contributed by atoms with E-state index in [9.17, 15) is 18.4 Å². The minimum absolute atomic E-state index is 0.0418. The van der Waals surface area contributed by atoms with Gasteiger partial charge < -0.3 is 10.1 Å². The van der Waals surface area contributed by atoms with Crippen LogP contribution in [0.2, 0.25) is 0 Å². The first-order valence-electron chi connectivity index (χ1n) is 9.76. The van der Waals surface area contributed by atoms with E-state index >= 15 is 0 Å². The Morgan fingerprint density at radius 2 is 1.64 bits per heavy atom. The standard InChI is InChI=1S/C24H16F2I2N2O3/c25-17-7-5-14(6-8-17)12-30-23(31)21(29-24(30)32)11-15-9-19(27)22(20(28)10-15)33-13-16-3-1-2-4-18(16)26/h1-11H,12-13H2,(H,29,32)/b21-11+. The summed E-state index contributed by atoms with van der Waals surface area (Å²) in [6, 6.07) is 15.1. The lowest BCUT2D eigenvalue weighted by atomic mass is 10.1. The van der Waals surface area contributed by atoms with E-state index < -0.39 is 11.9 Å². The highest BCUT2D eigenvalue weighted by Crippen LogP contribution is 2.31. The van der Waals surface area contributed by atoms with Crippen molar-refractivity contribution in [3.63, 3.8) is 0 Å². The molecule has 3 aromatic rings. The molecule has 0 aliphatic carbocycles. The molecule has 1 heterocycles. The summed E-state index contributed by atoms with van der Waals surface area (Å²) in [4.78, 5) is 26.1. The molecule has 168 valence electrons. The highest BCUT2D eigenvalue weighted by Gasteiger charge is 2.33. The molecule has 0 unspecified atom stereocenters. The third-order valence-corrected chi connectivity index (χ3v) is 6.48. The Balaban J connectivity index is 1.50. The summed E-state index contributed by atoms with van der Waals surface area (Å²) in [5.41, 5.74) is 1.94. The number of hydrogen-bond donors (Lipinski definition) is 1. The molecule has 4 rings (SSSR count). The Labute approximate surface area is 216 Å². The molecule has 0 radical (unpaired) electrons. The molecule has 1 aliphatic heterocycles. The Kier molecular flexibility index (Phi) is 7.27. The van der Waals surface area contributed by atoms with Gasteiger partial charge in [0.05, 0.1) is 13.7 Å². The van der Waals surface area contributed by atoms with Gasteiger partial charge in [0.1, 0.15) is 29.7 Å². The van der Waals surface area contributed by atoms with E-state index in [0.717, 1.165) is 12.0 Å². The zero-order valence-corrected chi connectivity index (χ0v) is 21.3. The van der Waals surface area contributed by atoms with Crippen LogP contribution < -0.4 is 10.1 Å². The molecular formula is C24H16F2I2N2O3. The van der Waals surface area contributed by atoms with Crippen molar-refractivity contribution in [3.8, 4) is 5.75 Å². The molecule has 0 atom stereocenters. The normalized spacial score (nSPS) is 14.7. The quantitative estimate of drug-likeness (QED) is 0.204. The zero-order valence-electron chi connectivity index (χ0n) is 16.9. The number of nitrogens with one attached hydrogen (secondary N) is 1. The van der Waals surface area contributed by atoms with Gasteiger partial charge >= 0.3 is 6.03 Å². The number of halogens is 4. The van der Waals surface area contributed by atoms with Crippen LogP contribution in [0, 0.1) is 18.8 Å². The average molecular weight is 672 g/mol. The summed E-state index contributed by atoms with van der Waals surface area (Å²) in [7, 11) is 0.